The predicted molar refractivity (Wildman–Crippen MR) is 76.7 cm³/mol. The molecule has 3 heteroatoms. The molecule has 4 aliphatic rings. The minimum absolute atomic E-state index is 0.257. The lowest BCUT2D eigenvalue weighted by Gasteiger charge is -2.57. The van der Waals surface area contributed by atoms with Crippen LogP contribution in [-0.2, 0) is 4.79 Å². The molecule has 3 nitrogen and oxygen atoms in total. The van der Waals surface area contributed by atoms with Crippen molar-refractivity contribution in [3.8, 4) is 0 Å². The van der Waals surface area contributed by atoms with Gasteiger partial charge in [-0.2, -0.15) is 0 Å². The second-order valence-electron chi connectivity index (χ2n) is 7.71. The lowest BCUT2D eigenvalue weighted by atomic mass is 9.54. The first-order valence-corrected chi connectivity index (χ1v) is 7.88. The zero-order valence-corrected chi connectivity index (χ0v) is 12.8. The maximum absolute atomic E-state index is 12.7. The number of hydrogen-bond acceptors (Lipinski definition) is 2. The van der Waals surface area contributed by atoms with Crippen molar-refractivity contribution in [3.05, 3.63) is 0 Å². The number of likely N-dealkylation sites (N-methyl/N-ethyl adjacent to an activating group) is 2. The van der Waals surface area contributed by atoms with Crippen LogP contribution in [0, 0.1) is 23.7 Å². The van der Waals surface area contributed by atoms with Gasteiger partial charge in [0.1, 0.15) is 0 Å². The number of nitrogens with zero attached hydrogens (tertiary/aromatic N) is 1. The molecule has 0 aromatic rings. The van der Waals surface area contributed by atoms with Crippen LogP contribution in [0.15, 0.2) is 0 Å². The fraction of sp³-hybridized carbons (Fsp3) is 0.938. The van der Waals surface area contributed by atoms with E-state index in [-0.39, 0.29) is 5.91 Å². The summed E-state index contributed by atoms with van der Waals surface area (Å²) in [4.78, 5) is 14.8. The van der Waals surface area contributed by atoms with Gasteiger partial charge in [0, 0.05) is 13.1 Å². The molecule has 108 valence electrons. The first-order valence-electron chi connectivity index (χ1n) is 7.88. The fourth-order valence-corrected chi connectivity index (χ4v) is 5.21. The lowest BCUT2D eigenvalue weighted by molar-refractivity contribution is -0.146. The standard InChI is InChI=1S/C16H28N2O/c1-16(2,17-3)15(19)18(4)14-12-6-10-5-11(8-12)9-13(14)7-10/h10-14,17H,5-9H2,1-4H3. The zero-order valence-electron chi connectivity index (χ0n) is 12.8. The average Bonchev–Trinajstić information content (AvgIpc) is 2.36. The van der Waals surface area contributed by atoms with Gasteiger partial charge in [0.2, 0.25) is 5.91 Å². The normalized spacial score (nSPS) is 40.5. The van der Waals surface area contributed by atoms with Crippen molar-refractivity contribution in [2.24, 2.45) is 23.7 Å². The Morgan fingerprint density at radius 1 is 1.05 bits per heavy atom. The van der Waals surface area contributed by atoms with E-state index in [1.807, 2.05) is 27.9 Å². The molecular weight excluding hydrogens is 236 g/mol. The Morgan fingerprint density at radius 2 is 1.53 bits per heavy atom. The van der Waals surface area contributed by atoms with Crippen LogP contribution in [0.1, 0.15) is 46.0 Å². The third-order valence-electron chi connectivity index (χ3n) is 6.10. The maximum atomic E-state index is 12.7. The quantitative estimate of drug-likeness (QED) is 0.848. The van der Waals surface area contributed by atoms with Crippen molar-refractivity contribution in [1.82, 2.24) is 10.2 Å². The summed E-state index contributed by atoms with van der Waals surface area (Å²) in [6.07, 6.45) is 6.95. The minimum Gasteiger partial charge on any atom is -0.341 e. The van der Waals surface area contributed by atoms with E-state index in [2.05, 4.69) is 10.2 Å². The van der Waals surface area contributed by atoms with Crippen LogP contribution in [-0.4, -0.2) is 36.5 Å². The first kappa shape index (κ1) is 13.4. The van der Waals surface area contributed by atoms with Gasteiger partial charge >= 0.3 is 0 Å². The SMILES string of the molecule is CNC(C)(C)C(=O)N(C)C1C2CC3CC(C2)CC1C3. The number of rotatable bonds is 3. The summed E-state index contributed by atoms with van der Waals surface area (Å²) in [6.45, 7) is 3.98. The van der Waals surface area contributed by atoms with E-state index in [4.69, 9.17) is 0 Å². The molecule has 0 radical (unpaired) electrons. The molecule has 0 unspecified atom stereocenters. The molecule has 0 atom stereocenters. The maximum Gasteiger partial charge on any atom is 0.242 e. The Bertz CT molecular complexity index is 349. The Hall–Kier alpha value is -0.570. The van der Waals surface area contributed by atoms with Gasteiger partial charge in [0.25, 0.3) is 0 Å². The highest BCUT2D eigenvalue weighted by molar-refractivity contribution is 5.85. The monoisotopic (exact) mass is 264 g/mol. The topological polar surface area (TPSA) is 32.3 Å². The Kier molecular flexibility index (Phi) is 3.16. The molecule has 4 rings (SSSR count). The van der Waals surface area contributed by atoms with Crippen molar-refractivity contribution in [3.63, 3.8) is 0 Å². The zero-order chi connectivity index (χ0) is 13.8. The third-order valence-corrected chi connectivity index (χ3v) is 6.10. The summed E-state index contributed by atoms with van der Waals surface area (Å²) in [5, 5.41) is 3.15. The van der Waals surface area contributed by atoms with Gasteiger partial charge in [0.15, 0.2) is 0 Å². The van der Waals surface area contributed by atoms with E-state index in [9.17, 15) is 4.79 Å². The van der Waals surface area contributed by atoms with Crippen molar-refractivity contribution in [1.29, 1.82) is 0 Å². The smallest absolute Gasteiger partial charge is 0.242 e. The molecule has 1 N–H and O–H groups in total. The van der Waals surface area contributed by atoms with Gasteiger partial charge in [-0.3, -0.25) is 4.79 Å². The van der Waals surface area contributed by atoms with E-state index < -0.39 is 5.54 Å². The Morgan fingerprint density at radius 3 is 1.95 bits per heavy atom. The van der Waals surface area contributed by atoms with E-state index in [0.717, 1.165) is 23.7 Å². The molecule has 4 fully saturated rings. The van der Waals surface area contributed by atoms with Gasteiger partial charge in [-0.25, -0.2) is 0 Å². The van der Waals surface area contributed by atoms with Crippen LogP contribution < -0.4 is 5.32 Å². The average molecular weight is 264 g/mol. The van der Waals surface area contributed by atoms with Gasteiger partial charge < -0.3 is 10.2 Å². The molecule has 0 saturated heterocycles. The fourth-order valence-electron chi connectivity index (χ4n) is 5.21. The molecule has 0 spiro atoms. The molecule has 0 aliphatic heterocycles. The second-order valence-corrected chi connectivity index (χ2v) is 7.71. The molecule has 19 heavy (non-hydrogen) atoms. The highest BCUT2D eigenvalue weighted by Crippen LogP contribution is 2.55. The van der Waals surface area contributed by atoms with Crippen LogP contribution in [0.5, 0.6) is 0 Å². The summed E-state index contributed by atoms with van der Waals surface area (Å²) in [5.41, 5.74) is -0.441. The summed E-state index contributed by atoms with van der Waals surface area (Å²) in [6, 6.07) is 0.507. The number of hydrogen-bond donors (Lipinski definition) is 1. The van der Waals surface area contributed by atoms with E-state index in [0.29, 0.717) is 6.04 Å². The van der Waals surface area contributed by atoms with E-state index in [1.54, 1.807) is 0 Å². The highest BCUT2D eigenvalue weighted by atomic mass is 16.2. The second kappa shape index (κ2) is 4.47. The van der Waals surface area contributed by atoms with Gasteiger partial charge in [0.05, 0.1) is 5.54 Å². The van der Waals surface area contributed by atoms with Crippen LogP contribution in [0.3, 0.4) is 0 Å². The summed E-state index contributed by atoms with van der Waals surface area (Å²) < 4.78 is 0. The largest absolute Gasteiger partial charge is 0.341 e. The molecular formula is C16H28N2O. The van der Waals surface area contributed by atoms with E-state index >= 15 is 0 Å². The third kappa shape index (κ3) is 2.10. The number of carbonyl (C=O) groups is 1. The molecule has 4 aliphatic carbocycles. The van der Waals surface area contributed by atoms with Crippen molar-refractivity contribution in [2.75, 3.05) is 14.1 Å². The highest BCUT2D eigenvalue weighted by Gasteiger charge is 2.51. The number of nitrogens with one attached hydrogen (secondary N) is 1. The molecule has 4 saturated carbocycles. The van der Waals surface area contributed by atoms with Crippen LogP contribution in [0.4, 0.5) is 0 Å². The van der Waals surface area contributed by atoms with Crippen molar-refractivity contribution < 1.29 is 4.79 Å². The van der Waals surface area contributed by atoms with Crippen LogP contribution >= 0.6 is 0 Å². The summed E-state index contributed by atoms with van der Waals surface area (Å²) in [7, 11) is 3.91. The lowest BCUT2D eigenvalue weighted by Crippen LogP contribution is -2.61. The van der Waals surface area contributed by atoms with Gasteiger partial charge in [-0.05, 0) is 76.7 Å². The van der Waals surface area contributed by atoms with E-state index in [1.165, 1.54) is 32.1 Å². The Labute approximate surface area is 117 Å². The van der Waals surface area contributed by atoms with Crippen molar-refractivity contribution in [2.45, 2.75) is 57.5 Å². The first-order chi connectivity index (χ1) is 8.92. The number of carbonyl (C=O) groups excluding carboxylic acids is 1. The van der Waals surface area contributed by atoms with Crippen LogP contribution in [0.25, 0.3) is 0 Å². The summed E-state index contributed by atoms with van der Waals surface area (Å²) >= 11 is 0. The van der Waals surface area contributed by atoms with Crippen LogP contribution in [0.2, 0.25) is 0 Å². The molecule has 4 bridgehead atoms. The molecule has 0 heterocycles. The van der Waals surface area contributed by atoms with Gasteiger partial charge in [-0.1, -0.05) is 0 Å². The Balaban J connectivity index is 1.77. The molecule has 1 amide bonds. The molecule has 0 aromatic heterocycles. The van der Waals surface area contributed by atoms with Gasteiger partial charge in [-0.15, -0.1) is 0 Å². The predicted octanol–water partition coefficient (Wildman–Crippen LogP) is 2.27. The molecule has 0 aromatic carbocycles. The number of amides is 1. The van der Waals surface area contributed by atoms with Crippen molar-refractivity contribution >= 4 is 5.91 Å². The minimum atomic E-state index is -0.441. The summed E-state index contributed by atoms with van der Waals surface area (Å²) in [5.74, 6) is 3.75.